The summed E-state index contributed by atoms with van der Waals surface area (Å²) in [7, 11) is 0. The number of carboxylic acids is 1. The number of hydrogen-bond acceptors (Lipinski definition) is 2. The van der Waals surface area contributed by atoms with E-state index >= 15 is 0 Å². The molecule has 3 N–H and O–H groups in total. The van der Waals surface area contributed by atoms with E-state index in [2.05, 4.69) is 0 Å². The number of rotatable bonds is 3. The normalized spacial score (nSPS) is 10.3. The van der Waals surface area contributed by atoms with Crippen molar-refractivity contribution < 1.29 is 14.7 Å². The molecule has 2 aromatic rings. The second kappa shape index (κ2) is 5.53. The lowest BCUT2D eigenvalue weighted by Gasteiger charge is -2.09. The summed E-state index contributed by atoms with van der Waals surface area (Å²) >= 11 is 11.8. The van der Waals surface area contributed by atoms with Gasteiger partial charge in [0.25, 0.3) is 0 Å². The quantitative estimate of drug-likeness (QED) is 0.911. The molecular formula is C14H9Cl2NO3. The molecule has 0 atom stereocenters. The van der Waals surface area contributed by atoms with Crippen LogP contribution in [0.25, 0.3) is 11.1 Å². The van der Waals surface area contributed by atoms with Crippen LogP contribution in [0.1, 0.15) is 20.7 Å². The van der Waals surface area contributed by atoms with Gasteiger partial charge in [0.2, 0.25) is 5.91 Å². The maximum Gasteiger partial charge on any atom is 0.337 e. The van der Waals surface area contributed by atoms with Crippen molar-refractivity contribution in [2.45, 2.75) is 0 Å². The van der Waals surface area contributed by atoms with Gasteiger partial charge in [-0.05, 0) is 29.3 Å². The van der Waals surface area contributed by atoms with Gasteiger partial charge in [-0.3, -0.25) is 4.79 Å². The molecule has 1 amide bonds. The van der Waals surface area contributed by atoms with Crippen LogP contribution >= 0.6 is 23.2 Å². The van der Waals surface area contributed by atoms with Gasteiger partial charge in [-0.1, -0.05) is 41.4 Å². The summed E-state index contributed by atoms with van der Waals surface area (Å²) in [5.74, 6) is -1.84. The van der Waals surface area contributed by atoms with Gasteiger partial charge in [0.15, 0.2) is 0 Å². The summed E-state index contributed by atoms with van der Waals surface area (Å²) in [6.45, 7) is 0. The maximum absolute atomic E-state index is 11.3. The van der Waals surface area contributed by atoms with Crippen molar-refractivity contribution in [1.82, 2.24) is 0 Å². The van der Waals surface area contributed by atoms with Gasteiger partial charge in [-0.2, -0.15) is 0 Å². The van der Waals surface area contributed by atoms with E-state index in [4.69, 9.17) is 28.9 Å². The molecule has 0 fully saturated rings. The van der Waals surface area contributed by atoms with Crippen LogP contribution in [0.5, 0.6) is 0 Å². The predicted octanol–water partition coefficient (Wildman–Crippen LogP) is 3.46. The third kappa shape index (κ3) is 2.61. The second-order valence-corrected chi connectivity index (χ2v) is 4.84. The number of amides is 1. The van der Waals surface area contributed by atoms with Crippen molar-refractivity contribution >= 4 is 35.1 Å². The van der Waals surface area contributed by atoms with Crippen molar-refractivity contribution in [1.29, 1.82) is 0 Å². The first-order valence-corrected chi connectivity index (χ1v) is 6.29. The Kier molecular flexibility index (Phi) is 3.97. The van der Waals surface area contributed by atoms with E-state index in [9.17, 15) is 14.7 Å². The predicted molar refractivity (Wildman–Crippen MR) is 77.4 cm³/mol. The SMILES string of the molecule is NC(=O)c1cc(-c2cccc(Cl)c2C(=O)O)ccc1Cl. The first kappa shape index (κ1) is 14.4. The maximum atomic E-state index is 11.3. The number of nitrogens with two attached hydrogens (primary N) is 1. The second-order valence-electron chi connectivity index (χ2n) is 4.03. The molecule has 20 heavy (non-hydrogen) atoms. The summed E-state index contributed by atoms with van der Waals surface area (Å²) in [6, 6.07) is 9.25. The number of carbonyl (C=O) groups excluding carboxylic acids is 1. The molecule has 0 spiro atoms. The van der Waals surface area contributed by atoms with Crippen LogP contribution in [0.2, 0.25) is 10.0 Å². The van der Waals surface area contributed by atoms with E-state index in [1.165, 1.54) is 18.2 Å². The summed E-state index contributed by atoms with van der Waals surface area (Å²) in [5.41, 5.74) is 6.21. The third-order valence-corrected chi connectivity index (χ3v) is 3.41. The fourth-order valence-electron chi connectivity index (χ4n) is 1.86. The van der Waals surface area contributed by atoms with Gasteiger partial charge in [-0.25, -0.2) is 4.79 Å². The smallest absolute Gasteiger partial charge is 0.337 e. The molecule has 2 aromatic carbocycles. The van der Waals surface area contributed by atoms with Gasteiger partial charge < -0.3 is 10.8 Å². The van der Waals surface area contributed by atoms with E-state index in [1.54, 1.807) is 18.2 Å². The monoisotopic (exact) mass is 309 g/mol. The molecule has 102 valence electrons. The first-order chi connectivity index (χ1) is 9.41. The van der Waals surface area contributed by atoms with Crippen LogP contribution in [0.15, 0.2) is 36.4 Å². The minimum atomic E-state index is -1.15. The highest BCUT2D eigenvalue weighted by molar-refractivity contribution is 6.35. The van der Waals surface area contributed by atoms with Gasteiger partial charge in [-0.15, -0.1) is 0 Å². The third-order valence-electron chi connectivity index (χ3n) is 2.77. The van der Waals surface area contributed by atoms with E-state index in [0.29, 0.717) is 11.1 Å². The molecule has 4 nitrogen and oxygen atoms in total. The molecule has 0 saturated carbocycles. The van der Waals surface area contributed by atoms with Crippen molar-refractivity contribution in [3.05, 3.63) is 57.6 Å². The van der Waals surface area contributed by atoms with Crippen LogP contribution in [-0.4, -0.2) is 17.0 Å². The zero-order valence-electron chi connectivity index (χ0n) is 10.1. The van der Waals surface area contributed by atoms with Crippen molar-refractivity contribution in [3.8, 4) is 11.1 Å². The number of carboxylic acid groups (broad SMARTS) is 1. The van der Waals surface area contributed by atoms with Gasteiger partial charge >= 0.3 is 5.97 Å². The Morgan fingerprint density at radius 1 is 1.05 bits per heavy atom. The van der Waals surface area contributed by atoms with Crippen LogP contribution in [-0.2, 0) is 0 Å². The molecular weight excluding hydrogens is 301 g/mol. The Morgan fingerprint density at radius 3 is 2.35 bits per heavy atom. The highest BCUT2D eigenvalue weighted by atomic mass is 35.5. The Labute approximate surface area is 124 Å². The lowest BCUT2D eigenvalue weighted by Crippen LogP contribution is -2.11. The number of hydrogen-bond donors (Lipinski definition) is 2. The fraction of sp³-hybridized carbons (Fsp3) is 0. The zero-order chi connectivity index (χ0) is 14.9. The van der Waals surface area contributed by atoms with Gasteiger partial charge in [0.1, 0.15) is 0 Å². The molecule has 0 saturated heterocycles. The first-order valence-electron chi connectivity index (χ1n) is 5.53. The summed E-state index contributed by atoms with van der Waals surface area (Å²) in [4.78, 5) is 22.6. The minimum absolute atomic E-state index is 0.0353. The molecule has 0 aliphatic rings. The average molecular weight is 310 g/mol. The molecule has 6 heteroatoms. The molecule has 0 aromatic heterocycles. The van der Waals surface area contributed by atoms with Crippen LogP contribution in [0, 0.1) is 0 Å². The topological polar surface area (TPSA) is 80.4 Å². The highest BCUT2D eigenvalue weighted by Crippen LogP contribution is 2.31. The lowest BCUT2D eigenvalue weighted by molar-refractivity contribution is 0.0697. The number of aromatic carboxylic acids is 1. The van der Waals surface area contributed by atoms with Gasteiger partial charge in [0.05, 0.1) is 21.2 Å². The molecule has 0 aliphatic carbocycles. The largest absolute Gasteiger partial charge is 0.478 e. The van der Waals surface area contributed by atoms with E-state index < -0.39 is 11.9 Å². The van der Waals surface area contributed by atoms with E-state index in [-0.39, 0.29) is 21.2 Å². The molecule has 0 heterocycles. The van der Waals surface area contributed by atoms with E-state index in [1.807, 2.05) is 0 Å². The van der Waals surface area contributed by atoms with Crippen molar-refractivity contribution in [2.75, 3.05) is 0 Å². The summed E-state index contributed by atoms with van der Waals surface area (Å²) in [5, 5.41) is 9.56. The standard InChI is InChI=1S/C14H9Cl2NO3/c15-10-5-4-7(6-9(10)13(17)18)8-2-1-3-11(16)12(8)14(19)20/h1-6H,(H2,17,18)(H,19,20). The minimum Gasteiger partial charge on any atom is -0.478 e. The Balaban J connectivity index is 2.69. The van der Waals surface area contributed by atoms with Gasteiger partial charge in [0, 0.05) is 0 Å². The number of benzene rings is 2. The zero-order valence-corrected chi connectivity index (χ0v) is 11.6. The summed E-state index contributed by atoms with van der Waals surface area (Å²) in [6.07, 6.45) is 0. The molecule has 0 radical (unpaired) electrons. The Bertz CT molecular complexity index is 714. The molecule has 0 bridgehead atoms. The summed E-state index contributed by atoms with van der Waals surface area (Å²) < 4.78 is 0. The fourth-order valence-corrected chi connectivity index (χ4v) is 2.33. The lowest BCUT2D eigenvalue weighted by atomic mass is 9.98. The highest BCUT2D eigenvalue weighted by Gasteiger charge is 2.17. The number of halogens is 2. The van der Waals surface area contributed by atoms with E-state index in [0.717, 1.165) is 0 Å². The molecule has 0 aliphatic heterocycles. The Morgan fingerprint density at radius 2 is 1.75 bits per heavy atom. The van der Waals surface area contributed by atoms with Crippen LogP contribution < -0.4 is 5.73 Å². The molecule has 0 unspecified atom stereocenters. The number of carbonyl (C=O) groups is 2. The molecule has 2 rings (SSSR count). The average Bonchev–Trinajstić information content (AvgIpc) is 2.38. The Hall–Kier alpha value is -2.04. The van der Waals surface area contributed by atoms with Crippen LogP contribution in [0.3, 0.4) is 0 Å². The number of primary amides is 1. The van der Waals surface area contributed by atoms with Crippen LogP contribution in [0.4, 0.5) is 0 Å². The van der Waals surface area contributed by atoms with Crippen molar-refractivity contribution in [2.24, 2.45) is 5.73 Å². The van der Waals surface area contributed by atoms with Crippen molar-refractivity contribution in [3.63, 3.8) is 0 Å².